The third-order valence-corrected chi connectivity index (χ3v) is 3.95. The van der Waals surface area contributed by atoms with Crippen molar-refractivity contribution >= 4 is 23.2 Å². The maximum Gasteiger partial charge on any atom is 0.326 e. The monoisotopic (exact) mass is 270 g/mol. The molecular weight excluding hydrogens is 252 g/mol. The average molecular weight is 270 g/mol. The maximum atomic E-state index is 12.0. The zero-order valence-electron chi connectivity index (χ0n) is 11.0. The van der Waals surface area contributed by atoms with Gasteiger partial charge < -0.3 is 10.4 Å². The molecule has 100 valence electrons. The molecule has 5 nitrogen and oxygen atoms in total. The molecule has 0 saturated carbocycles. The molecule has 0 aromatic carbocycles. The predicted molar refractivity (Wildman–Crippen MR) is 69.9 cm³/mol. The number of aliphatic carboxylic acids is 1. The van der Waals surface area contributed by atoms with Crippen LogP contribution in [0.5, 0.6) is 0 Å². The lowest BCUT2D eigenvalue weighted by Crippen LogP contribution is -2.44. The van der Waals surface area contributed by atoms with Gasteiger partial charge in [0.05, 0.1) is 10.7 Å². The van der Waals surface area contributed by atoms with Gasteiger partial charge in [0.15, 0.2) is 0 Å². The van der Waals surface area contributed by atoms with Crippen LogP contribution in [-0.2, 0) is 4.79 Å². The molecule has 2 N–H and O–H groups in total. The van der Waals surface area contributed by atoms with Crippen LogP contribution in [0.4, 0.5) is 0 Å². The van der Waals surface area contributed by atoms with Crippen LogP contribution < -0.4 is 5.32 Å². The highest BCUT2D eigenvalue weighted by Crippen LogP contribution is 2.18. The molecule has 18 heavy (non-hydrogen) atoms. The highest BCUT2D eigenvalue weighted by Gasteiger charge is 2.27. The van der Waals surface area contributed by atoms with Crippen LogP contribution in [0.1, 0.15) is 40.6 Å². The molecule has 0 saturated heterocycles. The van der Waals surface area contributed by atoms with Crippen LogP contribution in [0, 0.1) is 19.8 Å². The fraction of sp³-hybridized carbons (Fsp3) is 0.583. The fourth-order valence-corrected chi connectivity index (χ4v) is 2.45. The van der Waals surface area contributed by atoms with Gasteiger partial charge >= 0.3 is 5.97 Å². The van der Waals surface area contributed by atoms with E-state index in [1.165, 1.54) is 11.3 Å². The fourth-order valence-electron chi connectivity index (χ4n) is 1.63. The second-order valence-corrected chi connectivity index (χ2v) is 5.53. The molecule has 1 heterocycles. The van der Waals surface area contributed by atoms with Crippen molar-refractivity contribution in [2.75, 3.05) is 0 Å². The van der Waals surface area contributed by atoms with Gasteiger partial charge in [-0.15, -0.1) is 11.3 Å². The normalized spacial score (nSPS) is 14.0. The number of aromatic nitrogens is 1. The highest BCUT2D eigenvalue weighted by atomic mass is 32.1. The molecule has 2 unspecified atom stereocenters. The molecule has 1 aromatic heterocycles. The number of rotatable bonds is 5. The van der Waals surface area contributed by atoms with E-state index in [2.05, 4.69) is 10.3 Å². The van der Waals surface area contributed by atoms with Crippen LogP contribution in [0.25, 0.3) is 0 Å². The van der Waals surface area contributed by atoms with Crippen LogP contribution in [-0.4, -0.2) is 28.0 Å². The van der Waals surface area contributed by atoms with E-state index in [1.54, 1.807) is 6.92 Å². The molecule has 2 atom stereocenters. The molecule has 0 aliphatic carbocycles. The van der Waals surface area contributed by atoms with E-state index in [1.807, 2.05) is 20.8 Å². The first-order chi connectivity index (χ1) is 8.36. The molecule has 0 spiro atoms. The van der Waals surface area contributed by atoms with Gasteiger partial charge in [0.1, 0.15) is 10.9 Å². The first-order valence-corrected chi connectivity index (χ1v) is 6.66. The zero-order valence-corrected chi connectivity index (χ0v) is 11.8. The Morgan fingerprint density at radius 3 is 2.44 bits per heavy atom. The number of aryl methyl sites for hydroxylation is 2. The number of carbonyl (C=O) groups is 2. The molecule has 0 bridgehead atoms. The van der Waals surface area contributed by atoms with Crippen molar-refractivity contribution in [3.63, 3.8) is 0 Å². The molecule has 0 radical (unpaired) electrons. The number of amides is 1. The van der Waals surface area contributed by atoms with Gasteiger partial charge in [-0.3, -0.25) is 4.79 Å². The molecule has 6 heteroatoms. The minimum Gasteiger partial charge on any atom is -0.480 e. The minimum absolute atomic E-state index is 0.110. The molecule has 1 rings (SSSR count). The number of carboxylic acids is 1. The Morgan fingerprint density at radius 1 is 1.44 bits per heavy atom. The van der Waals surface area contributed by atoms with Gasteiger partial charge in [0, 0.05) is 0 Å². The summed E-state index contributed by atoms with van der Waals surface area (Å²) in [6.07, 6.45) is 0.692. The van der Waals surface area contributed by atoms with E-state index in [-0.39, 0.29) is 11.8 Å². The largest absolute Gasteiger partial charge is 0.480 e. The zero-order chi connectivity index (χ0) is 13.9. The minimum atomic E-state index is -1.00. The molecule has 1 aromatic rings. The molecule has 0 fully saturated rings. The third-order valence-electron chi connectivity index (χ3n) is 2.88. The SMILES string of the molecule is CCC(C)C(NC(=O)c1sc(C)nc1C)C(=O)O. The third kappa shape index (κ3) is 3.29. The van der Waals surface area contributed by atoms with Crippen LogP contribution in [0.2, 0.25) is 0 Å². The first kappa shape index (κ1) is 14.6. The van der Waals surface area contributed by atoms with Gasteiger partial charge in [-0.25, -0.2) is 9.78 Å². The van der Waals surface area contributed by atoms with Gasteiger partial charge in [0.25, 0.3) is 5.91 Å². The lowest BCUT2D eigenvalue weighted by Gasteiger charge is -2.19. The summed E-state index contributed by atoms with van der Waals surface area (Å²) in [4.78, 5) is 27.8. The van der Waals surface area contributed by atoms with E-state index in [9.17, 15) is 9.59 Å². The van der Waals surface area contributed by atoms with Gasteiger partial charge in [-0.1, -0.05) is 20.3 Å². The summed E-state index contributed by atoms with van der Waals surface area (Å²) in [6.45, 7) is 7.27. The topological polar surface area (TPSA) is 79.3 Å². The van der Waals surface area contributed by atoms with E-state index < -0.39 is 12.0 Å². The van der Waals surface area contributed by atoms with E-state index >= 15 is 0 Å². The van der Waals surface area contributed by atoms with Crippen molar-refractivity contribution in [1.29, 1.82) is 0 Å². The van der Waals surface area contributed by atoms with E-state index in [0.717, 1.165) is 5.01 Å². The number of thiazole rings is 1. The smallest absolute Gasteiger partial charge is 0.326 e. The molecular formula is C12H18N2O3S. The van der Waals surface area contributed by atoms with Crippen molar-refractivity contribution in [3.8, 4) is 0 Å². The van der Waals surface area contributed by atoms with Crippen molar-refractivity contribution in [1.82, 2.24) is 10.3 Å². The van der Waals surface area contributed by atoms with Gasteiger partial charge in [-0.05, 0) is 19.8 Å². The van der Waals surface area contributed by atoms with Crippen LogP contribution in [0.3, 0.4) is 0 Å². The van der Waals surface area contributed by atoms with Crippen molar-refractivity contribution in [2.24, 2.45) is 5.92 Å². The van der Waals surface area contributed by atoms with Crippen molar-refractivity contribution < 1.29 is 14.7 Å². The lowest BCUT2D eigenvalue weighted by atomic mass is 9.99. The summed E-state index contributed by atoms with van der Waals surface area (Å²) >= 11 is 1.28. The molecule has 0 aliphatic heterocycles. The van der Waals surface area contributed by atoms with Crippen molar-refractivity contribution in [3.05, 3.63) is 15.6 Å². The van der Waals surface area contributed by atoms with Crippen LogP contribution in [0.15, 0.2) is 0 Å². The second-order valence-electron chi connectivity index (χ2n) is 4.32. The second kappa shape index (κ2) is 5.95. The Bertz CT molecular complexity index is 456. The lowest BCUT2D eigenvalue weighted by molar-refractivity contribution is -0.140. The number of carboxylic acid groups (broad SMARTS) is 1. The highest BCUT2D eigenvalue weighted by molar-refractivity contribution is 7.13. The summed E-state index contributed by atoms with van der Waals surface area (Å²) in [5.41, 5.74) is 0.642. The average Bonchev–Trinajstić information content (AvgIpc) is 2.63. The number of nitrogens with zero attached hydrogens (tertiary/aromatic N) is 1. The Balaban J connectivity index is 2.85. The predicted octanol–water partition coefficient (Wildman–Crippen LogP) is 1.99. The quantitative estimate of drug-likeness (QED) is 0.857. The Labute approximate surface area is 110 Å². The van der Waals surface area contributed by atoms with E-state index in [4.69, 9.17) is 5.11 Å². The Morgan fingerprint density at radius 2 is 2.06 bits per heavy atom. The maximum absolute atomic E-state index is 12.0. The van der Waals surface area contributed by atoms with Gasteiger partial charge in [0.2, 0.25) is 0 Å². The van der Waals surface area contributed by atoms with Crippen LogP contribution >= 0.6 is 11.3 Å². The first-order valence-electron chi connectivity index (χ1n) is 5.84. The number of hydrogen-bond acceptors (Lipinski definition) is 4. The molecule has 1 amide bonds. The standard InChI is InChI=1S/C12H18N2O3S/c1-5-6(2)9(12(16)17)14-11(15)10-7(3)13-8(4)18-10/h6,9H,5H2,1-4H3,(H,14,15)(H,16,17). The van der Waals surface area contributed by atoms with Crippen molar-refractivity contribution in [2.45, 2.75) is 40.2 Å². The summed E-state index contributed by atoms with van der Waals surface area (Å²) in [5, 5.41) is 12.5. The molecule has 0 aliphatic rings. The summed E-state index contributed by atoms with van der Waals surface area (Å²) < 4.78 is 0. The number of hydrogen-bond donors (Lipinski definition) is 2. The van der Waals surface area contributed by atoms with E-state index in [0.29, 0.717) is 17.0 Å². The number of nitrogens with one attached hydrogen (secondary N) is 1. The Kier molecular flexibility index (Phi) is 4.84. The van der Waals surface area contributed by atoms with Gasteiger partial charge in [-0.2, -0.15) is 0 Å². The summed E-state index contributed by atoms with van der Waals surface area (Å²) in [6, 6.07) is -0.857. The number of carbonyl (C=O) groups excluding carboxylic acids is 1. The summed E-state index contributed by atoms with van der Waals surface area (Å²) in [7, 11) is 0. The summed E-state index contributed by atoms with van der Waals surface area (Å²) in [5.74, 6) is -1.47. The Hall–Kier alpha value is -1.43.